The number of anilines is 2. The van der Waals surface area contributed by atoms with Gasteiger partial charge in [-0.1, -0.05) is 25.7 Å². The van der Waals surface area contributed by atoms with Crippen molar-refractivity contribution in [2.24, 2.45) is 0 Å². The van der Waals surface area contributed by atoms with E-state index >= 15 is 0 Å². The maximum Gasteiger partial charge on any atom is 0.251 e. The number of hydrogen-bond donors (Lipinski definition) is 2. The number of nitrogens with one attached hydrogen (secondary N) is 2. The molecule has 3 aliphatic rings. The molecule has 2 aliphatic heterocycles. The predicted octanol–water partition coefficient (Wildman–Crippen LogP) is 3.06. The minimum Gasteiger partial charge on any atom is -0.358 e. The molecule has 2 fully saturated rings. The van der Waals surface area contributed by atoms with Crippen LogP contribution < -0.4 is 15.5 Å². The molecular formula is C19H25N3O2. The summed E-state index contributed by atoms with van der Waals surface area (Å²) in [6, 6.07) is 5.94. The largest absolute Gasteiger partial charge is 0.358 e. The van der Waals surface area contributed by atoms with Crippen molar-refractivity contribution < 1.29 is 9.59 Å². The van der Waals surface area contributed by atoms with Crippen molar-refractivity contribution in [3.63, 3.8) is 0 Å². The van der Waals surface area contributed by atoms with Crippen molar-refractivity contribution in [3.05, 3.63) is 23.8 Å². The Balaban J connectivity index is 1.51. The zero-order chi connectivity index (χ0) is 16.5. The molecule has 5 nitrogen and oxygen atoms in total. The second kappa shape index (κ2) is 6.46. The molecule has 4 rings (SSSR count). The third kappa shape index (κ3) is 2.87. The fraction of sp³-hybridized carbons (Fsp3) is 0.579. The van der Waals surface area contributed by atoms with E-state index in [1.807, 2.05) is 18.2 Å². The third-order valence-electron chi connectivity index (χ3n) is 5.57. The average Bonchev–Trinajstić information content (AvgIpc) is 2.94. The Hall–Kier alpha value is -2.04. The van der Waals surface area contributed by atoms with Crippen LogP contribution in [-0.4, -0.2) is 30.4 Å². The minimum atomic E-state index is -0.0387. The van der Waals surface area contributed by atoms with Gasteiger partial charge in [0, 0.05) is 18.2 Å². The van der Waals surface area contributed by atoms with Gasteiger partial charge in [0.25, 0.3) is 5.91 Å². The molecule has 0 spiro atoms. The van der Waals surface area contributed by atoms with Crippen LogP contribution in [0.5, 0.6) is 0 Å². The van der Waals surface area contributed by atoms with Crippen LogP contribution in [0.1, 0.15) is 61.7 Å². The highest BCUT2D eigenvalue weighted by atomic mass is 16.2. The molecule has 128 valence electrons. The quantitative estimate of drug-likeness (QED) is 0.821. The SMILES string of the molecule is O=C(NC1CCCCCC1)c1ccc2c(c1)NC(=O)[C@H]1CCCN21. The van der Waals surface area contributed by atoms with Gasteiger partial charge in [-0.25, -0.2) is 0 Å². The molecular weight excluding hydrogens is 302 g/mol. The Kier molecular flexibility index (Phi) is 4.17. The summed E-state index contributed by atoms with van der Waals surface area (Å²) >= 11 is 0. The van der Waals surface area contributed by atoms with E-state index in [1.54, 1.807) is 0 Å². The van der Waals surface area contributed by atoms with E-state index in [2.05, 4.69) is 15.5 Å². The smallest absolute Gasteiger partial charge is 0.251 e. The van der Waals surface area contributed by atoms with E-state index in [0.717, 1.165) is 43.6 Å². The zero-order valence-corrected chi connectivity index (χ0v) is 14.0. The lowest BCUT2D eigenvalue weighted by Crippen LogP contribution is -2.44. The normalized spacial score (nSPS) is 23.9. The van der Waals surface area contributed by atoms with E-state index < -0.39 is 0 Å². The Bertz CT molecular complexity index is 650. The van der Waals surface area contributed by atoms with Crippen molar-refractivity contribution in [2.75, 3.05) is 16.8 Å². The number of carbonyl (C=O) groups is 2. The van der Waals surface area contributed by atoms with E-state index in [1.165, 1.54) is 25.7 Å². The molecule has 0 unspecified atom stereocenters. The summed E-state index contributed by atoms with van der Waals surface area (Å²) < 4.78 is 0. The first-order valence-corrected chi connectivity index (χ1v) is 9.25. The number of carbonyl (C=O) groups excluding carboxylic acids is 2. The van der Waals surface area contributed by atoms with Gasteiger partial charge in [0.05, 0.1) is 11.4 Å². The molecule has 0 radical (unpaired) electrons. The number of rotatable bonds is 2. The summed E-state index contributed by atoms with van der Waals surface area (Å²) in [6.45, 7) is 0.915. The van der Waals surface area contributed by atoms with Crippen molar-refractivity contribution in [1.82, 2.24) is 5.32 Å². The summed E-state index contributed by atoms with van der Waals surface area (Å²) in [5, 5.41) is 6.15. The van der Waals surface area contributed by atoms with Crippen molar-refractivity contribution in [3.8, 4) is 0 Å². The van der Waals surface area contributed by atoms with Gasteiger partial charge in [-0.2, -0.15) is 0 Å². The highest BCUT2D eigenvalue weighted by Crippen LogP contribution is 2.37. The van der Waals surface area contributed by atoms with Crippen LogP contribution in [0, 0.1) is 0 Å². The molecule has 2 amide bonds. The first-order valence-electron chi connectivity index (χ1n) is 9.25. The first-order chi connectivity index (χ1) is 11.7. The first kappa shape index (κ1) is 15.5. The molecule has 2 N–H and O–H groups in total. The van der Waals surface area contributed by atoms with Gasteiger partial charge in [0.1, 0.15) is 6.04 Å². The summed E-state index contributed by atoms with van der Waals surface area (Å²) in [6.07, 6.45) is 9.04. The molecule has 24 heavy (non-hydrogen) atoms. The van der Waals surface area contributed by atoms with Crippen LogP contribution >= 0.6 is 0 Å². The molecule has 1 aromatic carbocycles. The van der Waals surface area contributed by atoms with Gasteiger partial charge in [-0.3, -0.25) is 9.59 Å². The third-order valence-corrected chi connectivity index (χ3v) is 5.57. The Morgan fingerprint density at radius 3 is 2.67 bits per heavy atom. The Morgan fingerprint density at radius 2 is 1.88 bits per heavy atom. The van der Waals surface area contributed by atoms with Crippen molar-refractivity contribution in [1.29, 1.82) is 0 Å². The average molecular weight is 327 g/mol. The van der Waals surface area contributed by atoms with Gasteiger partial charge >= 0.3 is 0 Å². The fourth-order valence-corrected chi connectivity index (χ4v) is 4.26. The van der Waals surface area contributed by atoms with Crippen LogP contribution in [0.25, 0.3) is 0 Å². The van der Waals surface area contributed by atoms with Crippen LogP contribution in [0.4, 0.5) is 11.4 Å². The second-order valence-corrected chi connectivity index (χ2v) is 7.23. The summed E-state index contributed by atoms with van der Waals surface area (Å²) in [7, 11) is 0. The lowest BCUT2D eigenvalue weighted by molar-refractivity contribution is -0.117. The number of benzene rings is 1. The van der Waals surface area contributed by atoms with Crippen LogP contribution in [0.2, 0.25) is 0 Å². The van der Waals surface area contributed by atoms with E-state index in [0.29, 0.717) is 5.56 Å². The van der Waals surface area contributed by atoms with Gasteiger partial charge in [0.15, 0.2) is 0 Å². The maximum atomic E-state index is 12.6. The molecule has 0 bridgehead atoms. The molecule has 0 aromatic heterocycles. The number of nitrogens with zero attached hydrogens (tertiary/aromatic N) is 1. The van der Waals surface area contributed by atoms with Gasteiger partial charge in [-0.15, -0.1) is 0 Å². The molecule has 1 saturated carbocycles. The van der Waals surface area contributed by atoms with E-state index in [-0.39, 0.29) is 23.9 Å². The minimum absolute atomic E-state index is 0.0255. The lowest BCUT2D eigenvalue weighted by atomic mass is 10.1. The number of hydrogen-bond acceptors (Lipinski definition) is 3. The second-order valence-electron chi connectivity index (χ2n) is 7.23. The number of amides is 2. The zero-order valence-electron chi connectivity index (χ0n) is 14.0. The molecule has 5 heteroatoms. The summed E-state index contributed by atoms with van der Waals surface area (Å²) in [4.78, 5) is 27.0. The number of fused-ring (bicyclic) bond motifs is 3. The molecule has 1 aromatic rings. The van der Waals surface area contributed by atoms with E-state index in [9.17, 15) is 9.59 Å². The Morgan fingerprint density at radius 1 is 1.08 bits per heavy atom. The highest BCUT2D eigenvalue weighted by Gasteiger charge is 2.36. The predicted molar refractivity (Wildman–Crippen MR) is 94.4 cm³/mol. The fourth-order valence-electron chi connectivity index (χ4n) is 4.26. The molecule has 2 heterocycles. The van der Waals surface area contributed by atoms with Crippen molar-refractivity contribution >= 4 is 23.2 Å². The van der Waals surface area contributed by atoms with Gasteiger partial charge in [-0.05, 0) is 43.9 Å². The maximum absolute atomic E-state index is 12.6. The molecule has 1 saturated heterocycles. The monoisotopic (exact) mass is 327 g/mol. The van der Waals surface area contributed by atoms with Crippen LogP contribution in [-0.2, 0) is 4.79 Å². The summed E-state index contributed by atoms with van der Waals surface area (Å²) in [5.41, 5.74) is 2.45. The summed E-state index contributed by atoms with van der Waals surface area (Å²) in [5.74, 6) is 0.0313. The van der Waals surface area contributed by atoms with E-state index in [4.69, 9.17) is 0 Å². The highest BCUT2D eigenvalue weighted by molar-refractivity contribution is 6.06. The Labute approximate surface area is 142 Å². The van der Waals surface area contributed by atoms with Crippen LogP contribution in [0.15, 0.2) is 18.2 Å². The van der Waals surface area contributed by atoms with Gasteiger partial charge < -0.3 is 15.5 Å². The standard InChI is InChI=1S/C19H25N3O2/c23-18(20-14-6-3-1-2-4-7-14)13-9-10-16-15(12-13)21-19(24)17-8-5-11-22(16)17/h9-10,12,14,17H,1-8,11H2,(H,20,23)(H,21,24)/t17-/m1/s1. The molecule has 1 atom stereocenters. The molecule has 1 aliphatic carbocycles. The lowest BCUT2D eigenvalue weighted by Gasteiger charge is -2.33. The van der Waals surface area contributed by atoms with Gasteiger partial charge in [0.2, 0.25) is 5.91 Å². The topological polar surface area (TPSA) is 61.4 Å². The van der Waals surface area contributed by atoms with Crippen molar-refractivity contribution in [2.45, 2.75) is 63.5 Å². The van der Waals surface area contributed by atoms with Crippen LogP contribution in [0.3, 0.4) is 0 Å².